The van der Waals surface area contributed by atoms with Crippen LogP contribution in [0.25, 0.3) is 0 Å². The van der Waals surface area contributed by atoms with Gasteiger partial charge in [0.1, 0.15) is 0 Å². The Morgan fingerprint density at radius 2 is 1.91 bits per heavy atom. The summed E-state index contributed by atoms with van der Waals surface area (Å²) in [6, 6.07) is 0. The van der Waals surface area contributed by atoms with Crippen LogP contribution in [0.4, 0.5) is 4.79 Å². The highest BCUT2D eigenvalue weighted by molar-refractivity contribution is 7.86. The fraction of sp³-hybridized carbons (Fsp3) is 0.750. The number of rotatable bonds is 3. The summed E-state index contributed by atoms with van der Waals surface area (Å²) in [7, 11) is -1.71. The van der Waals surface area contributed by atoms with Crippen molar-refractivity contribution in [3.8, 4) is 0 Å². The summed E-state index contributed by atoms with van der Waals surface area (Å²) in [5.41, 5.74) is 0. The van der Waals surface area contributed by atoms with Gasteiger partial charge in [-0.05, 0) is 0 Å². The van der Waals surface area contributed by atoms with Crippen LogP contribution in [0.5, 0.6) is 0 Å². The van der Waals surface area contributed by atoms with Crippen molar-refractivity contribution in [1.82, 2.24) is 0 Å². The Labute approximate surface area is 64.2 Å². The number of hydrogen-bond acceptors (Lipinski definition) is 6. The van der Waals surface area contributed by atoms with E-state index in [1.807, 2.05) is 0 Å². The molecule has 0 spiro atoms. The number of ether oxygens (including phenoxy) is 2. The second-order valence-electron chi connectivity index (χ2n) is 1.44. The van der Waals surface area contributed by atoms with Gasteiger partial charge in [-0.3, -0.25) is 4.18 Å². The fourth-order valence-electron chi connectivity index (χ4n) is 0.227. The van der Waals surface area contributed by atoms with Crippen LogP contribution in [0.1, 0.15) is 0 Å². The van der Waals surface area contributed by atoms with Crippen LogP contribution >= 0.6 is 0 Å². The van der Waals surface area contributed by atoms with Gasteiger partial charge < -0.3 is 9.47 Å². The summed E-state index contributed by atoms with van der Waals surface area (Å²) < 4.78 is 33.0. The van der Waals surface area contributed by atoms with Gasteiger partial charge in [-0.25, -0.2) is 4.79 Å². The topological polar surface area (TPSA) is 78.9 Å². The monoisotopic (exact) mass is 184 g/mol. The number of carbonyl (C=O) groups is 1. The minimum absolute atomic E-state index is 0.837. The zero-order valence-corrected chi connectivity index (χ0v) is 6.88. The van der Waals surface area contributed by atoms with E-state index in [1.165, 1.54) is 0 Å². The molecule has 0 atom stereocenters. The van der Waals surface area contributed by atoms with Crippen LogP contribution in [-0.4, -0.2) is 34.7 Å². The lowest BCUT2D eigenvalue weighted by molar-refractivity contribution is 0.0843. The third-order valence-electron chi connectivity index (χ3n) is 0.742. The molecule has 0 radical (unpaired) electrons. The molecule has 0 N–H and O–H groups in total. The quantitative estimate of drug-likeness (QED) is 0.442. The van der Waals surface area contributed by atoms with Crippen molar-refractivity contribution in [2.45, 2.75) is 0 Å². The molecule has 0 aliphatic carbocycles. The van der Waals surface area contributed by atoms with Crippen LogP contribution in [0.3, 0.4) is 0 Å². The SMILES string of the molecule is COC(=O)OCS(=O)(=O)OC. The molecule has 6 nitrogen and oxygen atoms in total. The highest BCUT2D eigenvalue weighted by Gasteiger charge is 2.12. The van der Waals surface area contributed by atoms with E-state index in [0.717, 1.165) is 14.2 Å². The molecule has 0 bridgehead atoms. The van der Waals surface area contributed by atoms with Gasteiger partial charge in [0.05, 0.1) is 14.2 Å². The van der Waals surface area contributed by atoms with Crippen molar-refractivity contribution in [1.29, 1.82) is 0 Å². The smallest absolute Gasteiger partial charge is 0.438 e. The van der Waals surface area contributed by atoms with E-state index in [-0.39, 0.29) is 0 Å². The van der Waals surface area contributed by atoms with E-state index >= 15 is 0 Å². The van der Waals surface area contributed by atoms with Crippen molar-refractivity contribution < 1.29 is 26.9 Å². The molecule has 66 valence electrons. The van der Waals surface area contributed by atoms with Crippen LogP contribution in [0, 0.1) is 0 Å². The molecule has 0 rings (SSSR count). The molecule has 0 aliphatic rings. The van der Waals surface area contributed by atoms with Gasteiger partial charge in [0.15, 0.2) is 0 Å². The molecule has 0 aromatic heterocycles. The molecule has 0 amide bonds. The zero-order valence-electron chi connectivity index (χ0n) is 6.06. The van der Waals surface area contributed by atoms with Gasteiger partial charge in [0.2, 0.25) is 5.94 Å². The lowest BCUT2D eigenvalue weighted by Gasteiger charge is -2.01. The first kappa shape index (κ1) is 10.2. The van der Waals surface area contributed by atoms with E-state index < -0.39 is 22.2 Å². The van der Waals surface area contributed by atoms with Crippen molar-refractivity contribution in [2.24, 2.45) is 0 Å². The van der Waals surface area contributed by atoms with Gasteiger partial charge in [0.25, 0.3) is 0 Å². The lowest BCUT2D eigenvalue weighted by atomic mass is 11.3. The predicted molar refractivity (Wildman–Crippen MR) is 34.3 cm³/mol. The Bertz CT molecular complexity index is 217. The van der Waals surface area contributed by atoms with Crippen molar-refractivity contribution in [3.63, 3.8) is 0 Å². The highest BCUT2D eigenvalue weighted by Crippen LogP contribution is 1.92. The van der Waals surface area contributed by atoms with Crippen LogP contribution < -0.4 is 0 Å². The summed E-state index contributed by atoms with van der Waals surface area (Å²) in [6.07, 6.45) is -1.06. The Kier molecular flexibility index (Phi) is 3.83. The normalized spacial score (nSPS) is 10.7. The second kappa shape index (κ2) is 4.14. The Hall–Kier alpha value is -0.820. The fourth-order valence-corrected chi connectivity index (χ4v) is 0.564. The summed E-state index contributed by atoms with van der Waals surface area (Å²) in [4.78, 5) is 10.2. The molecule has 11 heavy (non-hydrogen) atoms. The maximum atomic E-state index is 10.5. The van der Waals surface area contributed by atoms with Gasteiger partial charge in [0, 0.05) is 0 Å². The van der Waals surface area contributed by atoms with E-state index in [0.29, 0.717) is 0 Å². The first-order chi connectivity index (χ1) is 5.02. The minimum atomic E-state index is -3.75. The molecule has 0 aliphatic heterocycles. The predicted octanol–water partition coefficient (Wildman–Crippen LogP) is -0.297. The molecule has 0 fully saturated rings. The van der Waals surface area contributed by atoms with Crippen molar-refractivity contribution in [3.05, 3.63) is 0 Å². The third-order valence-corrected chi connectivity index (χ3v) is 1.66. The van der Waals surface area contributed by atoms with Crippen molar-refractivity contribution >= 4 is 16.3 Å². The molecular weight excluding hydrogens is 176 g/mol. The van der Waals surface area contributed by atoms with Crippen LogP contribution in [0.15, 0.2) is 0 Å². The third kappa shape index (κ3) is 4.57. The van der Waals surface area contributed by atoms with Crippen LogP contribution in [0.2, 0.25) is 0 Å². The highest BCUT2D eigenvalue weighted by atomic mass is 32.2. The maximum Gasteiger partial charge on any atom is 0.509 e. The molecular formula is C4H8O6S. The zero-order chi connectivity index (χ0) is 8.91. The average Bonchev–Trinajstić information content (AvgIpc) is 2.00. The summed E-state index contributed by atoms with van der Waals surface area (Å²) >= 11 is 0. The molecule has 0 saturated carbocycles. The minimum Gasteiger partial charge on any atom is -0.438 e. The van der Waals surface area contributed by atoms with Gasteiger partial charge in [-0.1, -0.05) is 0 Å². The van der Waals surface area contributed by atoms with Gasteiger partial charge >= 0.3 is 16.3 Å². The molecule has 0 heterocycles. The van der Waals surface area contributed by atoms with Crippen LogP contribution in [-0.2, 0) is 23.8 Å². The van der Waals surface area contributed by atoms with E-state index in [4.69, 9.17) is 0 Å². The second-order valence-corrected chi connectivity index (χ2v) is 3.13. The number of hydrogen-bond donors (Lipinski definition) is 0. The molecule has 0 aromatic carbocycles. The number of carbonyl (C=O) groups excluding carboxylic acids is 1. The summed E-state index contributed by atoms with van der Waals surface area (Å²) in [5, 5.41) is 0. The molecule has 0 saturated heterocycles. The lowest BCUT2D eigenvalue weighted by Crippen LogP contribution is -2.15. The first-order valence-corrected chi connectivity index (χ1v) is 4.08. The molecule has 7 heteroatoms. The standard InChI is InChI=1S/C4H8O6S/c1-8-4(5)10-3-11(6,7)9-2/h3H2,1-2H3. The largest absolute Gasteiger partial charge is 0.509 e. The Morgan fingerprint density at radius 3 is 2.27 bits per heavy atom. The summed E-state index contributed by atoms with van der Waals surface area (Å²) in [6.45, 7) is 0. The van der Waals surface area contributed by atoms with E-state index in [2.05, 4.69) is 13.7 Å². The van der Waals surface area contributed by atoms with E-state index in [1.54, 1.807) is 0 Å². The average molecular weight is 184 g/mol. The van der Waals surface area contributed by atoms with Crippen molar-refractivity contribution in [2.75, 3.05) is 20.2 Å². The Balaban J connectivity index is 3.80. The molecule has 0 aromatic rings. The number of methoxy groups -OCH3 is 1. The summed E-state index contributed by atoms with van der Waals surface area (Å²) in [5.74, 6) is -0.837. The van der Waals surface area contributed by atoms with Gasteiger partial charge in [-0.2, -0.15) is 8.42 Å². The first-order valence-electron chi connectivity index (χ1n) is 2.51. The van der Waals surface area contributed by atoms with E-state index in [9.17, 15) is 13.2 Å². The molecule has 0 unspecified atom stereocenters. The maximum absolute atomic E-state index is 10.5. The Morgan fingerprint density at radius 1 is 1.36 bits per heavy atom. The van der Waals surface area contributed by atoms with Gasteiger partial charge in [-0.15, -0.1) is 0 Å².